The van der Waals surface area contributed by atoms with Crippen molar-refractivity contribution < 1.29 is 0 Å². The van der Waals surface area contributed by atoms with E-state index in [-0.39, 0.29) is 0 Å². The monoisotopic (exact) mass is 280 g/mol. The molecule has 2 rings (SSSR count). The second kappa shape index (κ2) is 8.25. The maximum absolute atomic E-state index is 5.66. The minimum atomic E-state index is 0.777. The molecule has 0 aliphatic carbocycles. The van der Waals surface area contributed by atoms with Gasteiger partial charge < -0.3 is 5.73 Å². The van der Waals surface area contributed by atoms with Crippen LogP contribution in [0, 0.1) is 0 Å². The Morgan fingerprint density at radius 1 is 0.905 bits per heavy atom. The predicted molar refractivity (Wildman–Crippen MR) is 92.4 cm³/mol. The van der Waals surface area contributed by atoms with Gasteiger partial charge in [-0.25, -0.2) is 0 Å². The van der Waals surface area contributed by atoms with Crippen LogP contribution in [0.25, 0.3) is 0 Å². The van der Waals surface area contributed by atoms with E-state index in [4.69, 9.17) is 5.73 Å². The van der Waals surface area contributed by atoms with E-state index in [1.165, 1.54) is 37.7 Å². The predicted octanol–water partition coefficient (Wildman–Crippen LogP) is 5.14. The molecule has 2 aromatic carbocycles. The van der Waals surface area contributed by atoms with Crippen molar-refractivity contribution in [2.75, 3.05) is 5.73 Å². The molecule has 0 aliphatic rings. The van der Waals surface area contributed by atoms with Gasteiger partial charge in [-0.05, 0) is 48.2 Å². The van der Waals surface area contributed by atoms with E-state index in [9.17, 15) is 0 Å². The number of aliphatic imine (C=N–C) groups is 1. The highest BCUT2D eigenvalue weighted by Gasteiger charge is 1.95. The number of nitrogen functional groups attached to an aromatic ring is 1. The fourth-order valence-electron chi connectivity index (χ4n) is 2.24. The van der Waals surface area contributed by atoms with Gasteiger partial charge in [0.25, 0.3) is 0 Å². The van der Waals surface area contributed by atoms with Gasteiger partial charge in [0.05, 0.1) is 5.69 Å². The van der Waals surface area contributed by atoms with Gasteiger partial charge >= 0.3 is 0 Å². The van der Waals surface area contributed by atoms with E-state index in [0.717, 1.165) is 16.9 Å². The number of unbranched alkanes of at least 4 members (excludes halogenated alkanes) is 3. The normalized spacial score (nSPS) is 11.1. The van der Waals surface area contributed by atoms with Crippen molar-refractivity contribution in [1.29, 1.82) is 0 Å². The molecule has 21 heavy (non-hydrogen) atoms. The summed E-state index contributed by atoms with van der Waals surface area (Å²) in [6, 6.07) is 16.3. The summed E-state index contributed by atoms with van der Waals surface area (Å²) in [6.07, 6.45) is 8.27. The Bertz CT molecular complexity index is 553. The van der Waals surface area contributed by atoms with Crippen molar-refractivity contribution in [1.82, 2.24) is 0 Å². The van der Waals surface area contributed by atoms with Crippen LogP contribution in [0.4, 0.5) is 11.4 Å². The summed E-state index contributed by atoms with van der Waals surface area (Å²) in [6.45, 7) is 2.24. The van der Waals surface area contributed by atoms with Crippen molar-refractivity contribution in [2.45, 2.75) is 39.0 Å². The van der Waals surface area contributed by atoms with Gasteiger partial charge in [-0.1, -0.05) is 50.5 Å². The van der Waals surface area contributed by atoms with Crippen molar-refractivity contribution in [3.63, 3.8) is 0 Å². The lowest BCUT2D eigenvalue weighted by Gasteiger charge is -2.02. The summed E-state index contributed by atoms with van der Waals surface area (Å²) in [5.74, 6) is 0. The molecule has 2 heteroatoms. The van der Waals surface area contributed by atoms with Crippen LogP contribution >= 0.6 is 0 Å². The van der Waals surface area contributed by atoms with Crippen molar-refractivity contribution in [2.24, 2.45) is 4.99 Å². The molecule has 0 saturated heterocycles. The molecule has 0 unspecified atom stereocenters. The van der Waals surface area contributed by atoms with E-state index in [0.29, 0.717) is 0 Å². The minimum absolute atomic E-state index is 0.777. The minimum Gasteiger partial charge on any atom is -0.399 e. The smallest absolute Gasteiger partial charge is 0.0630 e. The Morgan fingerprint density at radius 3 is 2.29 bits per heavy atom. The highest BCUT2D eigenvalue weighted by atomic mass is 14.7. The van der Waals surface area contributed by atoms with Gasteiger partial charge in [-0.2, -0.15) is 0 Å². The second-order valence-corrected chi connectivity index (χ2v) is 5.40. The highest BCUT2D eigenvalue weighted by molar-refractivity contribution is 5.82. The summed E-state index contributed by atoms with van der Waals surface area (Å²) >= 11 is 0. The molecular formula is C19H24N2. The number of nitrogens with two attached hydrogens (primary N) is 1. The van der Waals surface area contributed by atoms with Crippen molar-refractivity contribution in [3.05, 3.63) is 59.7 Å². The lowest BCUT2D eigenvalue weighted by atomic mass is 10.1. The number of benzene rings is 2. The zero-order valence-electron chi connectivity index (χ0n) is 12.8. The maximum Gasteiger partial charge on any atom is 0.0630 e. The summed E-state index contributed by atoms with van der Waals surface area (Å²) in [4.78, 5) is 4.49. The van der Waals surface area contributed by atoms with Gasteiger partial charge in [0.1, 0.15) is 0 Å². The molecule has 0 spiro atoms. The van der Waals surface area contributed by atoms with Crippen LogP contribution in [-0.4, -0.2) is 6.21 Å². The number of hydrogen-bond donors (Lipinski definition) is 1. The molecule has 2 N–H and O–H groups in total. The van der Waals surface area contributed by atoms with Gasteiger partial charge in [0.2, 0.25) is 0 Å². The molecule has 0 aromatic heterocycles. The lowest BCUT2D eigenvalue weighted by Crippen LogP contribution is -1.86. The first-order valence-corrected chi connectivity index (χ1v) is 7.76. The molecule has 0 fully saturated rings. The molecule has 0 heterocycles. The van der Waals surface area contributed by atoms with Crippen molar-refractivity contribution in [3.8, 4) is 0 Å². The molecule has 110 valence electrons. The number of anilines is 1. The van der Waals surface area contributed by atoms with E-state index in [2.05, 4.69) is 36.2 Å². The maximum atomic E-state index is 5.66. The zero-order valence-corrected chi connectivity index (χ0v) is 12.8. The number of rotatable bonds is 7. The number of nitrogens with zero attached hydrogens (tertiary/aromatic N) is 1. The summed E-state index contributed by atoms with van der Waals surface area (Å²) in [7, 11) is 0. The van der Waals surface area contributed by atoms with E-state index in [1.54, 1.807) is 0 Å². The molecule has 0 saturated carbocycles. The quantitative estimate of drug-likeness (QED) is 0.425. The standard InChI is InChI=1S/C19H24N2/c1-2-3-4-5-6-16-9-13-19(14-10-16)21-15-17-7-11-18(20)12-8-17/h7-15H,2-6,20H2,1H3. The first-order valence-electron chi connectivity index (χ1n) is 7.76. The summed E-state index contributed by atoms with van der Waals surface area (Å²) in [5.41, 5.74) is 9.90. The zero-order chi connectivity index (χ0) is 14.9. The third kappa shape index (κ3) is 5.42. The Balaban J connectivity index is 1.88. The molecule has 0 atom stereocenters. The van der Waals surface area contributed by atoms with E-state index >= 15 is 0 Å². The molecule has 0 aliphatic heterocycles. The molecule has 0 bridgehead atoms. The second-order valence-electron chi connectivity index (χ2n) is 5.40. The molecule has 2 nitrogen and oxygen atoms in total. The SMILES string of the molecule is CCCCCCc1ccc(N=Cc2ccc(N)cc2)cc1. The highest BCUT2D eigenvalue weighted by Crippen LogP contribution is 2.15. The first-order chi connectivity index (χ1) is 10.3. The molecule has 2 aromatic rings. The molecular weight excluding hydrogens is 256 g/mol. The van der Waals surface area contributed by atoms with Gasteiger partial charge in [-0.15, -0.1) is 0 Å². The molecule has 0 amide bonds. The fourth-order valence-corrected chi connectivity index (χ4v) is 2.24. The Labute approximate surface area is 127 Å². The summed E-state index contributed by atoms with van der Waals surface area (Å²) in [5, 5.41) is 0. The third-order valence-electron chi connectivity index (χ3n) is 3.55. The average molecular weight is 280 g/mol. The summed E-state index contributed by atoms with van der Waals surface area (Å²) < 4.78 is 0. The van der Waals surface area contributed by atoms with Gasteiger partial charge in [0.15, 0.2) is 0 Å². The molecule has 0 radical (unpaired) electrons. The Hall–Kier alpha value is -2.09. The van der Waals surface area contributed by atoms with Crippen LogP contribution in [0.2, 0.25) is 0 Å². The fraction of sp³-hybridized carbons (Fsp3) is 0.316. The Morgan fingerprint density at radius 2 is 1.62 bits per heavy atom. The topological polar surface area (TPSA) is 38.4 Å². The van der Waals surface area contributed by atoms with Crippen LogP contribution in [0.15, 0.2) is 53.5 Å². The largest absolute Gasteiger partial charge is 0.399 e. The van der Waals surface area contributed by atoms with Gasteiger partial charge in [0, 0.05) is 11.9 Å². The first kappa shape index (κ1) is 15.3. The van der Waals surface area contributed by atoms with Crippen LogP contribution in [-0.2, 0) is 6.42 Å². The van der Waals surface area contributed by atoms with Crippen molar-refractivity contribution >= 4 is 17.6 Å². The van der Waals surface area contributed by atoms with Crippen LogP contribution in [0.5, 0.6) is 0 Å². The number of hydrogen-bond acceptors (Lipinski definition) is 2. The van der Waals surface area contributed by atoms with E-state index in [1.807, 2.05) is 30.5 Å². The Kier molecular flexibility index (Phi) is 6.01. The third-order valence-corrected chi connectivity index (χ3v) is 3.55. The van der Waals surface area contributed by atoms with Gasteiger partial charge in [-0.3, -0.25) is 4.99 Å². The van der Waals surface area contributed by atoms with Crippen LogP contribution in [0.1, 0.15) is 43.7 Å². The van der Waals surface area contributed by atoms with E-state index < -0.39 is 0 Å². The lowest BCUT2D eigenvalue weighted by molar-refractivity contribution is 0.667. The number of aryl methyl sites for hydroxylation is 1. The van der Waals surface area contributed by atoms with Crippen LogP contribution < -0.4 is 5.73 Å². The average Bonchev–Trinajstić information content (AvgIpc) is 2.52. The van der Waals surface area contributed by atoms with Crippen LogP contribution in [0.3, 0.4) is 0 Å².